The number of methoxy groups -OCH3 is 1. The molecular formula is C9H17NO2S. The maximum Gasteiger partial charge on any atom is 0.322 e. The number of rotatable bonds is 7. The zero-order valence-electron chi connectivity index (χ0n) is 7.99. The van der Waals surface area contributed by atoms with E-state index in [4.69, 9.17) is 5.73 Å². The first-order chi connectivity index (χ1) is 6.22. The Morgan fingerprint density at radius 3 is 2.77 bits per heavy atom. The van der Waals surface area contributed by atoms with Crippen LogP contribution in [0.1, 0.15) is 32.1 Å². The number of nitrogens with two attached hydrogens (primary N) is 1. The predicted octanol–water partition coefficient (Wildman–Crippen LogP) is 1.44. The topological polar surface area (TPSA) is 52.3 Å². The van der Waals surface area contributed by atoms with Crippen LogP contribution in [-0.4, -0.2) is 24.5 Å². The number of hydrogen-bond acceptors (Lipinski definition) is 4. The second-order valence-electron chi connectivity index (χ2n) is 2.93. The van der Waals surface area contributed by atoms with Crippen LogP contribution in [0.25, 0.3) is 0 Å². The van der Waals surface area contributed by atoms with E-state index in [2.05, 4.69) is 17.0 Å². The third-order valence-electron chi connectivity index (χ3n) is 1.84. The van der Waals surface area contributed by atoms with Crippen molar-refractivity contribution in [2.75, 3.05) is 7.11 Å². The monoisotopic (exact) mass is 203 g/mol. The van der Waals surface area contributed by atoms with Crippen LogP contribution in [0.15, 0.2) is 0 Å². The first kappa shape index (κ1) is 12.5. The smallest absolute Gasteiger partial charge is 0.322 e. The van der Waals surface area contributed by atoms with Gasteiger partial charge in [-0.1, -0.05) is 25.1 Å². The third kappa shape index (κ3) is 6.66. The molecule has 1 atom stereocenters. The molecule has 0 heterocycles. The lowest BCUT2D eigenvalue weighted by atomic mass is 10.1. The van der Waals surface area contributed by atoms with Crippen LogP contribution in [0.2, 0.25) is 0 Å². The highest BCUT2D eigenvalue weighted by molar-refractivity contribution is 7.78. The van der Waals surface area contributed by atoms with Crippen molar-refractivity contribution in [2.24, 2.45) is 5.73 Å². The largest absolute Gasteiger partial charge is 0.468 e. The van der Waals surface area contributed by atoms with Crippen molar-refractivity contribution in [3.8, 4) is 0 Å². The Hall–Kier alpha value is -0.480. The van der Waals surface area contributed by atoms with Crippen molar-refractivity contribution in [3.63, 3.8) is 0 Å². The van der Waals surface area contributed by atoms with E-state index in [1.54, 1.807) is 5.37 Å². The third-order valence-corrected chi connectivity index (χ3v) is 2.08. The summed E-state index contributed by atoms with van der Waals surface area (Å²) in [7, 11) is 1.36. The Kier molecular flexibility index (Phi) is 7.83. The Labute approximate surface area is 84.6 Å². The van der Waals surface area contributed by atoms with Gasteiger partial charge in [0, 0.05) is 0 Å². The van der Waals surface area contributed by atoms with Gasteiger partial charge in [0.15, 0.2) is 0 Å². The minimum absolute atomic E-state index is 0.324. The highest BCUT2D eigenvalue weighted by Gasteiger charge is 2.11. The van der Waals surface area contributed by atoms with Gasteiger partial charge in [-0.15, -0.1) is 0 Å². The first-order valence-electron chi connectivity index (χ1n) is 4.49. The number of hydrogen-bond donors (Lipinski definition) is 1. The second kappa shape index (κ2) is 8.13. The quantitative estimate of drug-likeness (QED) is 0.386. The summed E-state index contributed by atoms with van der Waals surface area (Å²) in [5, 5.41) is 1.74. The summed E-state index contributed by atoms with van der Waals surface area (Å²) in [6.07, 6.45) is 4.77. The van der Waals surface area contributed by atoms with Crippen molar-refractivity contribution < 1.29 is 9.53 Å². The van der Waals surface area contributed by atoms with Gasteiger partial charge < -0.3 is 10.5 Å². The van der Waals surface area contributed by atoms with E-state index >= 15 is 0 Å². The summed E-state index contributed by atoms with van der Waals surface area (Å²) in [6.45, 7) is 0. The zero-order valence-corrected chi connectivity index (χ0v) is 8.81. The molecule has 0 aliphatic carbocycles. The minimum Gasteiger partial charge on any atom is -0.468 e. The number of ether oxygens (including phenoxy) is 1. The minimum atomic E-state index is -0.461. The molecule has 4 heteroatoms. The van der Waals surface area contributed by atoms with Gasteiger partial charge in [-0.05, 0) is 24.6 Å². The average Bonchev–Trinajstić information content (AvgIpc) is 2.16. The lowest BCUT2D eigenvalue weighted by Crippen LogP contribution is -2.31. The van der Waals surface area contributed by atoms with Gasteiger partial charge in [-0.3, -0.25) is 4.79 Å². The second-order valence-corrected chi connectivity index (χ2v) is 3.27. The van der Waals surface area contributed by atoms with E-state index in [-0.39, 0.29) is 5.97 Å². The number of thiocarbonyl (C=S) groups is 1. The molecule has 0 aromatic heterocycles. The lowest BCUT2D eigenvalue weighted by molar-refractivity contribution is -0.142. The summed E-state index contributed by atoms with van der Waals surface area (Å²) in [5.41, 5.74) is 5.54. The molecule has 2 N–H and O–H groups in total. The normalized spacial score (nSPS) is 12.2. The molecule has 0 saturated carbocycles. The van der Waals surface area contributed by atoms with Crippen LogP contribution in [0.5, 0.6) is 0 Å². The van der Waals surface area contributed by atoms with Gasteiger partial charge in [-0.25, -0.2) is 0 Å². The maximum absolute atomic E-state index is 10.9. The Bertz CT molecular complexity index is 162. The van der Waals surface area contributed by atoms with E-state index in [9.17, 15) is 4.79 Å². The van der Waals surface area contributed by atoms with Crippen LogP contribution in [0.3, 0.4) is 0 Å². The summed E-state index contributed by atoms with van der Waals surface area (Å²) < 4.78 is 4.50. The Balaban J connectivity index is 3.31. The molecule has 3 nitrogen and oxygen atoms in total. The van der Waals surface area contributed by atoms with Gasteiger partial charge in [0.1, 0.15) is 6.04 Å². The van der Waals surface area contributed by atoms with E-state index < -0.39 is 6.04 Å². The molecule has 0 aromatic carbocycles. The fourth-order valence-corrected chi connectivity index (χ4v) is 1.20. The highest BCUT2D eigenvalue weighted by Crippen LogP contribution is 2.04. The van der Waals surface area contributed by atoms with Gasteiger partial charge in [0.05, 0.1) is 7.11 Å². The molecule has 0 aliphatic heterocycles. The van der Waals surface area contributed by atoms with E-state index in [0.717, 1.165) is 25.7 Å². The molecule has 0 amide bonds. The van der Waals surface area contributed by atoms with Crippen LogP contribution >= 0.6 is 12.2 Å². The number of esters is 1. The summed E-state index contributed by atoms with van der Waals surface area (Å²) in [6, 6.07) is -0.461. The fraction of sp³-hybridized carbons (Fsp3) is 0.778. The molecule has 76 valence electrons. The molecule has 0 rings (SSSR count). The first-order valence-corrected chi connectivity index (χ1v) is 4.96. The summed E-state index contributed by atoms with van der Waals surface area (Å²) in [5.74, 6) is -0.324. The number of carbonyl (C=O) groups is 1. The van der Waals surface area contributed by atoms with Gasteiger partial charge in [-0.2, -0.15) is 0 Å². The van der Waals surface area contributed by atoms with Crippen LogP contribution < -0.4 is 5.73 Å². The molecular weight excluding hydrogens is 186 g/mol. The van der Waals surface area contributed by atoms with Gasteiger partial charge >= 0.3 is 5.97 Å². The lowest BCUT2D eigenvalue weighted by Gasteiger charge is -2.07. The molecule has 0 aliphatic rings. The van der Waals surface area contributed by atoms with Crippen LogP contribution in [0.4, 0.5) is 0 Å². The Morgan fingerprint density at radius 2 is 2.23 bits per heavy atom. The SMILES string of the molecule is COC(=O)C(N)CCCCCC=S. The predicted molar refractivity (Wildman–Crippen MR) is 56.7 cm³/mol. The van der Waals surface area contributed by atoms with E-state index in [1.807, 2.05) is 0 Å². The molecule has 1 unspecified atom stereocenters. The van der Waals surface area contributed by atoms with Crippen LogP contribution in [0, 0.1) is 0 Å². The van der Waals surface area contributed by atoms with Crippen LogP contribution in [-0.2, 0) is 9.53 Å². The standard InChI is InChI=1S/C9H17NO2S/c1-12-9(11)8(10)6-4-2-3-5-7-13/h7-8H,2-6,10H2,1H3. The maximum atomic E-state index is 10.9. The molecule has 0 fully saturated rings. The molecule has 0 saturated heterocycles. The average molecular weight is 203 g/mol. The fourth-order valence-electron chi connectivity index (χ4n) is 1.04. The van der Waals surface area contributed by atoms with Crippen molar-refractivity contribution in [2.45, 2.75) is 38.1 Å². The number of carbonyl (C=O) groups excluding carboxylic acids is 1. The summed E-state index contributed by atoms with van der Waals surface area (Å²) >= 11 is 4.69. The van der Waals surface area contributed by atoms with Gasteiger partial charge in [0.2, 0.25) is 0 Å². The van der Waals surface area contributed by atoms with Crippen molar-refractivity contribution in [3.05, 3.63) is 0 Å². The van der Waals surface area contributed by atoms with Crippen molar-refractivity contribution >= 4 is 23.6 Å². The highest BCUT2D eigenvalue weighted by atomic mass is 32.1. The van der Waals surface area contributed by atoms with Crippen molar-refractivity contribution in [1.29, 1.82) is 0 Å². The zero-order chi connectivity index (χ0) is 10.1. The molecule has 0 aromatic rings. The van der Waals surface area contributed by atoms with E-state index in [0.29, 0.717) is 6.42 Å². The molecule has 13 heavy (non-hydrogen) atoms. The molecule has 0 radical (unpaired) electrons. The van der Waals surface area contributed by atoms with E-state index in [1.165, 1.54) is 7.11 Å². The Morgan fingerprint density at radius 1 is 1.54 bits per heavy atom. The van der Waals surface area contributed by atoms with Crippen molar-refractivity contribution in [1.82, 2.24) is 0 Å². The summed E-state index contributed by atoms with van der Waals surface area (Å²) in [4.78, 5) is 10.9. The molecule has 0 bridgehead atoms. The molecule has 0 spiro atoms. The van der Waals surface area contributed by atoms with Gasteiger partial charge in [0.25, 0.3) is 0 Å². The number of unbranched alkanes of at least 4 members (excludes halogenated alkanes) is 3.